The fraction of sp³-hybridized carbons (Fsp3) is 0.222. The van der Waals surface area contributed by atoms with E-state index in [2.05, 4.69) is 0 Å². The van der Waals surface area contributed by atoms with Crippen LogP contribution < -0.4 is 9.80 Å². The van der Waals surface area contributed by atoms with Crippen LogP contribution in [0.1, 0.15) is 33.8 Å². The molecular formula is C27H21ClN2O5. The normalized spacial score (nSPS) is 22.4. The van der Waals surface area contributed by atoms with Crippen LogP contribution in [0.2, 0.25) is 5.02 Å². The average Bonchev–Trinajstić information content (AvgIpc) is 3.40. The number of carbonyl (C=O) groups is 3. The summed E-state index contributed by atoms with van der Waals surface area (Å²) in [7, 11) is 1.30. The van der Waals surface area contributed by atoms with Gasteiger partial charge in [-0.15, -0.1) is 0 Å². The van der Waals surface area contributed by atoms with E-state index in [0.29, 0.717) is 29.4 Å². The standard InChI is InChI=1S/C27H21ClN2O5/c1-34-24(31)17-12-19(29-10-11-35-26(29)33)14-20(13-17)30-23-5-3-2-4-21(23)27(25(30)32)15-22(27)16-6-8-18(28)9-7-16/h2-9,12-14,22H,10-11,15H2,1H3. The third kappa shape index (κ3) is 3.22. The highest BCUT2D eigenvalue weighted by molar-refractivity contribution is 6.30. The topological polar surface area (TPSA) is 76.2 Å². The lowest BCUT2D eigenvalue weighted by Crippen LogP contribution is -2.30. The molecule has 6 rings (SSSR count). The SMILES string of the molecule is COC(=O)c1cc(N2CCOC2=O)cc(N2C(=O)C3(CC3c3ccc(Cl)cc3)c3ccccc32)c1. The van der Waals surface area contributed by atoms with E-state index < -0.39 is 17.5 Å². The first-order valence-electron chi connectivity index (χ1n) is 11.3. The number of rotatable bonds is 4. The van der Waals surface area contributed by atoms with Crippen LogP contribution in [0.4, 0.5) is 21.9 Å². The number of para-hydroxylation sites is 1. The molecule has 2 heterocycles. The molecule has 1 spiro atoms. The van der Waals surface area contributed by atoms with E-state index in [-0.39, 0.29) is 24.0 Å². The summed E-state index contributed by atoms with van der Waals surface area (Å²) >= 11 is 6.08. The summed E-state index contributed by atoms with van der Waals surface area (Å²) in [5.74, 6) is -0.591. The summed E-state index contributed by atoms with van der Waals surface area (Å²) in [6.07, 6.45) is 0.191. The van der Waals surface area contributed by atoms with Gasteiger partial charge in [-0.1, -0.05) is 41.9 Å². The van der Waals surface area contributed by atoms with Crippen LogP contribution in [0.5, 0.6) is 0 Å². The molecule has 2 fully saturated rings. The fourth-order valence-electron chi connectivity index (χ4n) is 5.36. The smallest absolute Gasteiger partial charge is 0.414 e. The van der Waals surface area contributed by atoms with Crippen molar-refractivity contribution < 1.29 is 23.9 Å². The molecule has 1 saturated heterocycles. The molecule has 0 radical (unpaired) electrons. The number of amides is 2. The Morgan fingerprint density at radius 3 is 2.51 bits per heavy atom. The first kappa shape index (κ1) is 21.7. The van der Waals surface area contributed by atoms with Gasteiger partial charge in [0, 0.05) is 10.9 Å². The van der Waals surface area contributed by atoms with Crippen LogP contribution in [0, 0.1) is 0 Å². The molecule has 2 aliphatic heterocycles. The van der Waals surface area contributed by atoms with Crippen molar-refractivity contribution in [3.05, 3.63) is 88.4 Å². The minimum absolute atomic E-state index is 0.0234. The largest absolute Gasteiger partial charge is 0.465 e. The summed E-state index contributed by atoms with van der Waals surface area (Å²) in [4.78, 5) is 42.0. The van der Waals surface area contributed by atoms with Gasteiger partial charge < -0.3 is 9.47 Å². The number of carbonyl (C=O) groups excluding carboxylic acids is 3. The lowest BCUT2D eigenvalue weighted by molar-refractivity contribution is -0.119. The Labute approximate surface area is 206 Å². The van der Waals surface area contributed by atoms with Gasteiger partial charge in [0.15, 0.2) is 0 Å². The van der Waals surface area contributed by atoms with E-state index in [9.17, 15) is 14.4 Å². The summed E-state index contributed by atoms with van der Waals surface area (Å²) in [6, 6.07) is 20.3. The second-order valence-electron chi connectivity index (χ2n) is 8.93. The molecule has 3 aliphatic rings. The first-order valence-corrected chi connectivity index (χ1v) is 11.7. The van der Waals surface area contributed by atoms with Crippen molar-refractivity contribution in [3.8, 4) is 0 Å². The summed E-state index contributed by atoms with van der Waals surface area (Å²) in [5.41, 5.74) is 3.32. The van der Waals surface area contributed by atoms with Crippen LogP contribution in [0.15, 0.2) is 66.7 Å². The number of hydrogen-bond acceptors (Lipinski definition) is 5. The number of fused-ring (bicyclic) bond motifs is 2. The zero-order valence-corrected chi connectivity index (χ0v) is 19.6. The second kappa shape index (κ2) is 7.85. The van der Waals surface area contributed by atoms with Crippen molar-refractivity contribution >= 4 is 46.6 Å². The maximum atomic E-state index is 14.1. The number of ether oxygens (including phenoxy) is 2. The lowest BCUT2D eigenvalue weighted by Gasteiger charge is -2.22. The molecule has 176 valence electrons. The zero-order valence-electron chi connectivity index (χ0n) is 18.9. The third-order valence-electron chi connectivity index (χ3n) is 7.10. The highest BCUT2D eigenvalue weighted by Crippen LogP contribution is 2.67. The molecule has 1 aliphatic carbocycles. The van der Waals surface area contributed by atoms with Crippen LogP contribution in [0.3, 0.4) is 0 Å². The molecule has 8 heteroatoms. The summed E-state index contributed by atoms with van der Waals surface area (Å²) < 4.78 is 10.0. The van der Waals surface area contributed by atoms with Gasteiger partial charge in [-0.05, 0) is 53.9 Å². The van der Waals surface area contributed by atoms with Crippen LogP contribution in [0.25, 0.3) is 0 Å². The minimum Gasteiger partial charge on any atom is -0.465 e. The third-order valence-corrected chi connectivity index (χ3v) is 7.35. The van der Waals surface area contributed by atoms with E-state index in [1.54, 1.807) is 23.1 Å². The Balaban J connectivity index is 1.47. The Bertz CT molecular complexity index is 1390. The van der Waals surface area contributed by atoms with Crippen molar-refractivity contribution in [3.63, 3.8) is 0 Å². The van der Waals surface area contributed by atoms with Gasteiger partial charge in [-0.2, -0.15) is 0 Å². The van der Waals surface area contributed by atoms with E-state index in [1.807, 2.05) is 48.5 Å². The predicted molar refractivity (Wildman–Crippen MR) is 131 cm³/mol. The zero-order chi connectivity index (χ0) is 24.3. The Morgan fingerprint density at radius 2 is 1.80 bits per heavy atom. The monoisotopic (exact) mass is 488 g/mol. The fourth-order valence-corrected chi connectivity index (χ4v) is 5.49. The van der Waals surface area contributed by atoms with E-state index in [1.165, 1.54) is 12.0 Å². The van der Waals surface area contributed by atoms with Gasteiger partial charge in [-0.3, -0.25) is 14.6 Å². The van der Waals surface area contributed by atoms with Crippen molar-refractivity contribution in [2.75, 3.05) is 30.1 Å². The van der Waals surface area contributed by atoms with Crippen molar-refractivity contribution in [2.45, 2.75) is 17.8 Å². The number of nitrogens with zero attached hydrogens (tertiary/aromatic N) is 2. The maximum Gasteiger partial charge on any atom is 0.414 e. The highest BCUT2D eigenvalue weighted by Gasteiger charge is 2.67. The van der Waals surface area contributed by atoms with Crippen LogP contribution >= 0.6 is 11.6 Å². The van der Waals surface area contributed by atoms with Gasteiger partial charge in [0.05, 0.1) is 41.7 Å². The first-order chi connectivity index (χ1) is 16.9. The van der Waals surface area contributed by atoms with Gasteiger partial charge in [-0.25, -0.2) is 9.59 Å². The molecule has 7 nitrogen and oxygen atoms in total. The maximum absolute atomic E-state index is 14.1. The minimum atomic E-state index is -0.682. The number of hydrogen-bond donors (Lipinski definition) is 0. The number of esters is 1. The molecular weight excluding hydrogens is 468 g/mol. The number of cyclic esters (lactones) is 1. The van der Waals surface area contributed by atoms with Gasteiger partial charge in [0.2, 0.25) is 5.91 Å². The lowest BCUT2D eigenvalue weighted by atomic mass is 9.92. The summed E-state index contributed by atoms with van der Waals surface area (Å²) in [6.45, 7) is 0.615. The molecule has 2 unspecified atom stereocenters. The van der Waals surface area contributed by atoms with Crippen molar-refractivity contribution in [1.29, 1.82) is 0 Å². The molecule has 2 atom stereocenters. The van der Waals surface area contributed by atoms with Crippen LogP contribution in [-0.2, 0) is 19.7 Å². The molecule has 35 heavy (non-hydrogen) atoms. The summed E-state index contributed by atoms with van der Waals surface area (Å²) in [5, 5.41) is 0.649. The van der Waals surface area contributed by atoms with Crippen molar-refractivity contribution in [1.82, 2.24) is 0 Å². The molecule has 3 aromatic carbocycles. The molecule has 0 aromatic heterocycles. The van der Waals surface area contributed by atoms with Crippen molar-refractivity contribution in [2.24, 2.45) is 0 Å². The number of anilines is 3. The molecule has 3 aromatic rings. The quantitative estimate of drug-likeness (QED) is 0.472. The Kier molecular flexibility index (Phi) is 4.86. The molecule has 2 amide bonds. The Morgan fingerprint density at radius 1 is 1.06 bits per heavy atom. The predicted octanol–water partition coefficient (Wildman–Crippen LogP) is 5.19. The molecule has 1 saturated carbocycles. The van der Waals surface area contributed by atoms with E-state index in [4.69, 9.17) is 21.1 Å². The highest BCUT2D eigenvalue weighted by atomic mass is 35.5. The molecule has 0 N–H and O–H groups in total. The molecule has 0 bridgehead atoms. The second-order valence-corrected chi connectivity index (χ2v) is 9.37. The van der Waals surface area contributed by atoms with Gasteiger partial charge in [0.1, 0.15) is 6.61 Å². The average molecular weight is 489 g/mol. The number of halogens is 1. The van der Waals surface area contributed by atoms with Crippen LogP contribution in [-0.4, -0.2) is 38.2 Å². The van der Waals surface area contributed by atoms with Gasteiger partial charge >= 0.3 is 12.1 Å². The van der Waals surface area contributed by atoms with E-state index in [0.717, 1.165) is 16.8 Å². The number of methoxy groups -OCH3 is 1. The van der Waals surface area contributed by atoms with Gasteiger partial charge in [0.25, 0.3) is 0 Å². The number of benzene rings is 3. The van der Waals surface area contributed by atoms with E-state index >= 15 is 0 Å². The Hall–Kier alpha value is -3.84.